The lowest BCUT2D eigenvalue weighted by molar-refractivity contribution is -0.110. The van der Waals surface area contributed by atoms with E-state index in [4.69, 9.17) is 5.73 Å². The van der Waals surface area contributed by atoms with Crippen LogP contribution in [0.2, 0.25) is 0 Å². The summed E-state index contributed by atoms with van der Waals surface area (Å²) in [5, 5.41) is 0. The third-order valence-electron chi connectivity index (χ3n) is 3.22. The van der Waals surface area contributed by atoms with Crippen LogP contribution in [0.15, 0.2) is 46.5 Å². The van der Waals surface area contributed by atoms with Crippen LogP contribution in [0.3, 0.4) is 0 Å². The Morgan fingerprint density at radius 1 is 1.10 bits per heavy atom. The Morgan fingerprint density at radius 3 is 2.20 bits per heavy atom. The van der Waals surface area contributed by atoms with E-state index < -0.39 is 0 Å². The smallest absolute Gasteiger partial charge is 0.179 e. The minimum absolute atomic E-state index is 0.00915. The minimum Gasteiger partial charge on any atom is -0.397 e. The largest absolute Gasteiger partial charge is 0.397 e. The number of anilines is 2. The zero-order valence-corrected chi connectivity index (χ0v) is 12.3. The minimum atomic E-state index is 0.00915. The normalized spacial score (nSPS) is 14.8. The lowest BCUT2D eigenvalue weighted by Gasteiger charge is -2.15. The van der Waals surface area contributed by atoms with E-state index >= 15 is 0 Å². The summed E-state index contributed by atoms with van der Waals surface area (Å²) in [6, 6.07) is 5.77. The summed E-state index contributed by atoms with van der Waals surface area (Å²) in [7, 11) is 3.93. The van der Waals surface area contributed by atoms with E-state index in [1.807, 2.05) is 51.0 Å². The van der Waals surface area contributed by atoms with Gasteiger partial charge in [0.15, 0.2) is 5.78 Å². The summed E-state index contributed by atoms with van der Waals surface area (Å²) in [6.07, 6.45) is 3.19. The standard InChI is InChI=1S/C16H19N3O/c1-10-7-13(20)8-11(2)16(10)18-15-6-5-12(19(3)4)9-14(15)17/h5-9H,17H2,1-4H3. The van der Waals surface area contributed by atoms with Crippen molar-refractivity contribution in [2.45, 2.75) is 13.8 Å². The Kier molecular flexibility index (Phi) is 3.74. The van der Waals surface area contributed by atoms with Crippen LogP contribution in [-0.4, -0.2) is 25.6 Å². The fraction of sp³-hybridized carbons (Fsp3) is 0.250. The lowest BCUT2D eigenvalue weighted by atomic mass is 9.97. The maximum absolute atomic E-state index is 11.4. The fourth-order valence-corrected chi connectivity index (χ4v) is 2.13. The Balaban J connectivity index is 2.43. The number of ketones is 1. The molecule has 1 aliphatic rings. The molecule has 0 aromatic heterocycles. The predicted molar refractivity (Wildman–Crippen MR) is 84.8 cm³/mol. The topological polar surface area (TPSA) is 58.7 Å². The number of rotatable bonds is 2. The number of nitrogens with two attached hydrogens (primary N) is 1. The van der Waals surface area contributed by atoms with Crippen molar-refractivity contribution in [3.05, 3.63) is 41.5 Å². The predicted octanol–water partition coefficient (Wildman–Crippen LogP) is 2.88. The molecule has 104 valence electrons. The zero-order valence-electron chi connectivity index (χ0n) is 12.3. The molecule has 0 radical (unpaired) electrons. The second-order valence-electron chi connectivity index (χ2n) is 5.16. The number of hydrogen-bond donors (Lipinski definition) is 1. The van der Waals surface area contributed by atoms with Crippen molar-refractivity contribution in [2.75, 3.05) is 24.7 Å². The first kappa shape index (κ1) is 14.1. The van der Waals surface area contributed by atoms with Crippen molar-refractivity contribution >= 4 is 28.6 Å². The molecular formula is C16H19N3O. The third kappa shape index (κ3) is 2.79. The number of allylic oxidation sites excluding steroid dienone is 4. The van der Waals surface area contributed by atoms with Crippen molar-refractivity contribution in [1.82, 2.24) is 0 Å². The summed E-state index contributed by atoms with van der Waals surface area (Å²) in [5.74, 6) is 0.00915. The molecule has 0 saturated carbocycles. The lowest BCUT2D eigenvalue weighted by Crippen LogP contribution is -2.11. The van der Waals surface area contributed by atoms with Crippen molar-refractivity contribution in [1.29, 1.82) is 0 Å². The van der Waals surface area contributed by atoms with Crippen molar-refractivity contribution in [3.8, 4) is 0 Å². The van der Waals surface area contributed by atoms with Gasteiger partial charge in [-0.05, 0) is 55.3 Å². The molecule has 1 aliphatic carbocycles. The van der Waals surface area contributed by atoms with E-state index in [0.29, 0.717) is 5.69 Å². The molecule has 0 aliphatic heterocycles. The number of benzene rings is 1. The fourth-order valence-electron chi connectivity index (χ4n) is 2.13. The molecular weight excluding hydrogens is 250 g/mol. The van der Waals surface area contributed by atoms with Crippen LogP contribution < -0.4 is 10.6 Å². The molecule has 0 saturated heterocycles. The van der Waals surface area contributed by atoms with Gasteiger partial charge in [-0.25, -0.2) is 4.99 Å². The first-order valence-electron chi connectivity index (χ1n) is 6.45. The van der Waals surface area contributed by atoms with Crippen LogP contribution in [0.1, 0.15) is 13.8 Å². The van der Waals surface area contributed by atoms with Gasteiger partial charge in [-0.1, -0.05) is 0 Å². The Bertz CT molecular complexity index is 628. The second kappa shape index (κ2) is 5.33. The molecule has 2 rings (SSSR count). The monoisotopic (exact) mass is 269 g/mol. The van der Waals surface area contributed by atoms with E-state index in [1.54, 1.807) is 12.2 Å². The van der Waals surface area contributed by atoms with Crippen LogP contribution >= 0.6 is 0 Å². The van der Waals surface area contributed by atoms with Gasteiger partial charge in [-0.2, -0.15) is 0 Å². The number of nitrogen functional groups attached to an aromatic ring is 1. The van der Waals surface area contributed by atoms with Gasteiger partial charge < -0.3 is 10.6 Å². The first-order chi connectivity index (χ1) is 9.38. The molecule has 0 fully saturated rings. The summed E-state index contributed by atoms with van der Waals surface area (Å²) in [4.78, 5) is 18.0. The highest BCUT2D eigenvalue weighted by atomic mass is 16.1. The van der Waals surface area contributed by atoms with E-state index in [1.165, 1.54) is 0 Å². The molecule has 0 unspecified atom stereocenters. The second-order valence-corrected chi connectivity index (χ2v) is 5.16. The molecule has 20 heavy (non-hydrogen) atoms. The number of hydrogen-bond acceptors (Lipinski definition) is 4. The molecule has 0 heterocycles. The molecule has 1 aromatic carbocycles. The highest BCUT2D eigenvalue weighted by molar-refractivity contribution is 6.22. The van der Waals surface area contributed by atoms with Gasteiger partial charge in [-0.3, -0.25) is 4.79 Å². The quantitative estimate of drug-likeness (QED) is 0.663. The Labute approximate surface area is 119 Å². The maximum Gasteiger partial charge on any atom is 0.179 e. The molecule has 1 aromatic rings. The van der Waals surface area contributed by atoms with Crippen LogP contribution in [0.4, 0.5) is 17.1 Å². The van der Waals surface area contributed by atoms with Crippen molar-refractivity contribution in [3.63, 3.8) is 0 Å². The maximum atomic E-state index is 11.4. The van der Waals surface area contributed by atoms with Crippen LogP contribution in [0, 0.1) is 0 Å². The number of carbonyl (C=O) groups excluding carboxylic acids is 1. The average molecular weight is 269 g/mol. The average Bonchev–Trinajstić information content (AvgIpc) is 2.34. The molecule has 0 spiro atoms. The van der Waals surface area contributed by atoms with Crippen LogP contribution in [0.5, 0.6) is 0 Å². The zero-order chi connectivity index (χ0) is 14.9. The highest BCUT2D eigenvalue weighted by Gasteiger charge is 2.14. The van der Waals surface area contributed by atoms with Gasteiger partial charge in [0, 0.05) is 19.8 Å². The van der Waals surface area contributed by atoms with Gasteiger partial charge in [0.1, 0.15) is 0 Å². The van der Waals surface area contributed by atoms with Gasteiger partial charge in [0.2, 0.25) is 0 Å². The molecule has 0 atom stereocenters. The number of nitrogens with zero attached hydrogens (tertiary/aromatic N) is 2. The van der Waals surface area contributed by atoms with Crippen LogP contribution in [-0.2, 0) is 4.79 Å². The van der Waals surface area contributed by atoms with Crippen LogP contribution in [0.25, 0.3) is 0 Å². The highest BCUT2D eigenvalue weighted by Crippen LogP contribution is 2.29. The summed E-state index contributed by atoms with van der Waals surface area (Å²) < 4.78 is 0. The molecule has 4 nitrogen and oxygen atoms in total. The van der Waals surface area contributed by atoms with Crippen molar-refractivity contribution < 1.29 is 4.79 Å². The van der Waals surface area contributed by atoms with Gasteiger partial charge in [-0.15, -0.1) is 0 Å². The Morgan fingerprint density at radius 2 is 1.70 bits per heavy atom. The summed E-state index contributed by atoms with van der Waals surface area (Å²) in [6.45, 7) is 3.77. The summed E-state index contributed by atoms with van der Waals surface area (Å²) >= 11 is 0. The van der Waals surface area contributed by atoms with E-state index in [2.05, 4.69) is 4.99 Å². The SMILES string of the molecule is CC1=CC(=O)C=C(C)C1=Nc1ccc(N(C)C)cc1N. The molecule has 4 heteroatoms. The Hall–Kier alpha value is -2.36. The number of aliphatic imine (C=N–C) groups is 1. The third-order valence-corrected chi connectivity index (χ3v) is 3.22. The van der Waals surface area contributed by atoms with Gasteiger partial charge >= 0.3 is 0 Å². The van der Waals surface area contributed by atoms with E-state index in [9.17, 15) is 4.79 Å². The van der Waals surface area contributed by atoms with E-state index in [0.717, 1.165) is 28.2 Å². The van der Waals surface area contributed by atoms with Gasteiger partial charge in [0.25, 0.3) is 0 Å². The van der Waals surface area contributed by atoms with E-state index in [-0.39, 0.29) is 5.78 Å². The number of carbonyl (C=O) groups is 1. The molecule has 2 N–H and O–H groups in total. The van der Waals surface area contributed by atoms with Crippen molar-refractivity contribution in [2.24, 2.45) is 4.99 Å². The summed E-state index contributed by atoms with van der Waals surface area (Å²) in [5.41, 5.74) is 11.0. The molecule has 0 bridgehead atoms. The molecule has 0 amide bonds. The van der Waals surface area contributed by atoms with Gasteiger partial charge in [0.05, 0.1) is 17.1 Å². The first-order valence-corrected chi connectivity index (χ1v) is 6.45.